The molecule has 0 saturated heterocycles. The van der Waals surface area contributed by atoms with Crippen LogP contribution < -0.4 is 19.6 Å². The summed E-state index contributed by atoms with van der Waals surface area (Å²) >= 11 is 0. The van der Waals surface area contributed by atoms with E-state index < -0.39 is 0 Å². The molecule has 1 N–H and O–H groups in total. The lowest BCUT2D eigenvalue weighted by atomic mass is 10.2. The van der Waals surface area contributed by atoms with Gasteiger partial charge >= 0.3 is 0 Å². The average Bonchev–Trinajstić information content (AvgIpc) is 2.84. The smallest absolute Gasteiger partial charge is 0.271 e. The second-order valence-corrected chi connectivity index (χ2v) is 6.88. The van der Waals surface area contributed by atoms with Crippen molar-refractivity contribution in [2.24, 2.45) is 5.10 Å². The number of hydrogen-bond donors (Lipinski definition) is 1. The lowest BCUT2D eigenvalue weighted by molar-refractivity contribution is 0.0954. The van der Waals surface area contributed by atoms with E-state index in [1.54, 1.807) is 48.5 Å². The van der Waals surface area contributed by atoms with Gasteiger partial charge in [-0.05, 0) is 72.6 Å². The molecule has 0 aliphatic rings. The number of hydrogen-bond acceptors (Lipinski definition) is 5. The van der Waals surface area contributed by atoms with Crippen molar-refractivity contribution in [1.82, 2.24) is 5.43 Å². The van der Waals surface area contributed by atoms with Crippen LogP contribution in [0.4, 0.5) is 4.39 Å². The highest BCUT2D eigenvalue weighted by Crippen LogP contribution is 2.28. The number of amides is 1. The van der Waals surface area contributed by atoms with Crippen LogP contribution in [0.15, 0.2) is 84.5 Å². The highest BCUT2D eigenvalue weighted by Gasteiger charge is 2.11. The van der Waals surface area contributed by atoms with Gasteiger partial charge in [0.1, 0.15) is 24.8 Å². The fraction of sp³-hybridized carbons (Fsp3) is 0.154. The number of carbonyl (C=O) groups excluding carboxylic acids is 1. The predicted molar refractivity (Wildman–Crippen MR) is 126 cm³/mol. The van der Waals surface area contributed by atoms with Crippen LogP contribution in [0.5, 0.6) is 17.2 Å². The van der Waals surface area contributed by atoms with E-state index in [0.717, 1.165) is 11.1 Å². The van der Waals surface area contributed by atoms with Gasteiger partial charge in [0, 0.05) is 5.56 Å². The minimum absolute atomic E-state index is 0.279. The molecule has 0 saturated carbocycles. The second kappa shape index (κ2) is 12.0. The highest BCUT2D eigenvalue weighted by atomic mass is 19.1. The molecule has 3 aromatic carbocycles. The Morgan fingerprint density at radius 2 is 1.76 bits per heavy atom. The molecular weight excluding hydrogens is 423 g/mol. The number of ether oxygens (including phenoxy) is 3. The summed E-state index contributed by atoms with van der Waals surface area (Å²) in [6, 6.07) is 18.3. The van der Waals surface area contributed by atoms with Crippen molar-refractivity contribution in [2.75, 3.05) is 13.2 Å². The number of nitrogens with zero attached hydrogens (tertiary/aromatic N) is 1. The molecule has 0 bridgehead atoms. The highest BCUT2D eigenvalue weighted by molar-refractivity contribution is 5.95. The summed E-state index contributed by atoms with van der Waals surface area (Å²) in [6.45, 7) is 6.59. The third-order valence-corrected chi connectivity index (χ3v) is 4.44. The van der Waals surface area contributed by atoms with Crippen LogP contribution in [0.25, 0.3) is 0 Å². The minimum atomic E-state index is -0.373. The third kappa shape index (κ3) is 7.21. The van der Waals surface area contributed by atoms with E-state index >= 15 is 0 Å². The largest absolute Gasteiger partial charge is 0.490 e. The summed E-state index contributed by atoms with van der Waals surface area (Å²) in [5.74, 6) is 1.04. The molecule has 3 aromatic rings. The number of rotatable bonds is 11. The van der Waals surface area contributed by atoms with Crippen LogP contribution in [0, 0.1) is 5.82 Å². The van der Waals surface area contributed by atoms with Gasteiger partial charge in [-0.2, -0.15) is 5.10 Å². The normalized spacial score (nSPS) is 10.6. The SMILES string of the molecule is C=CCOc1ccc(C(=O)N/N=C/c2ccc(OCc3ccc(F)cc3)cc2)cc1OCC. The maximum absolute atomic E-state index is 13.0. The van der Waals surface area contributed by atoms with Crippen LogP contribution in [0.3, 0.4) is 0 Å². The van der Waals surface area contributed by atoms with Crippen molar-refractivity contribution >= 4 is 12.1 Å². The monoisotopic (exact) mass is 448 g/mol. The molecule has 0 fully saturated rings. The van der Waals surface area contributed by atoms with E-state index in [1.807, 2.05) is 19.1 Å². The molecule has 0 heterocycles. The van der Waals surface area contributed by atoms with Gasteiger partial charge in [0.15, 0.2) is 11.5 Å². The molecule has 6 nitrogen and oxygen atoms in total. The van der Waals surface area contributed by atoms with Crippen LogP contribution in [-0.2, 0) is 6.61 Å². The van der Waals surface area contributed by atoms with Crippen molar-refractivity contribution in [1.29, 1.82) is 0 Å². The Balaban J connectivity index is 1.54. The number of carbonyl (C=O) groups is 1. The molecule has 0 unspecified atom stereocenters. The summed E-state index contributed by atoms with van der Waals surface area (Å²) in [5, 5.41) is 4.01. The average molecular weight is 448 g/mol. The van der Waals surface area contributed by atoms with Gasteiger partial charge in [0.05, 0.1) is 12.8 Å². The van der Waals surface area contributed by atoms with Crippen LogP contribution in [-0.4, -0.2) is 25.3 Å². The molecular formula is C26H25FN2O4. The van der Waals surface area contributed by atoms with Gasteiger partial charge < -0.3 is 14.2 Å². The van der Waals surface area contributed by atoms with Crippen molar-refractivity contribution in [3.05, 3.63) is 102 Å². The fourth-order valence-electron chi connectivity index (χ4n) is 2.81. The van der Waals surface area contributed by atoms with Gasteiger partial charge in [0.25, 0.3) is 5.91 Å². The van der Waals surface area contributed by atoms with Gasteiger partial charge in [0.2, 0.25) is 0 Å². The maximum Gasteiger partial charge on any atom is 0.271 e. The summed E-state index contributed by atoms with van der Waals surface area (Å²) in [6.07, 6.45) is 3.17. The predicted octanol–water partition coefficient (Wildman–Crippen LogP) is 5.13. The zero-order chi connectivity index (χ0) is 23.5. The van der Waals surface area contributed by atoms with Gasteiger partial charge in [-0.15, -0.1) is 0 Å². The molecule has 0 aliphatic heterocycles. The molecule has 7 heteroatoms. The number of benzene rings is 3. The van der Waals surface area contributed by atoms with E-state index in [1.165, 1.54) is 18.3 Å². The summed E-state index contributed by atoms with van der Waals surface area (Å²) in [7, 11) is 0. The van der Waals surface area contributed by atoms with E-state index in [4.69, 9.17) is 14.2 Å². The second-order valence-electron chi connectivity index (χ2n) is 6.88. The maximum atomic E-state index is 13.0. The number of hydrazone groups is 1. The van der Waals surface area contributed by atoms with Crippen molar-refractivity contribution in [2.45, 2.75) is 13.5 Å². The van der Waals surface area contributed by atoms with E-state index in [9.17, 15) is 9.18 Å². The number of halogens is 1. The molecule has 33 heavy (non-hydrogen) atoms. The first-order valence-corrected chi connectivity index (χ1v) is 10.4. The molecule has 3 rings (SSSR count). The molecule has 1 amide bonds. The molecule has 0 aromatic heterocycles. The Hall–Kier alpha value is -4.13. The first kappa shape index (κ1) is 23.5. The van der Waals surface area contributed by atoms with Crippen molar-refractivity contribution in [3.63, 3.8) is 0 Å². The zero-order valence-electron chi connectivity index (χ0n) is 18.3. The first-order valence-electron chi connectivity index (χ1n) is 10.4. The zero-order valence-corrected chi connectivity index (χ0v) is 18.3. The molecule has 170 valence electrons. The van der Waals surface area contributed by atoms with Gasteiger partial charge in [-0.25, -0.2) is 9.82 Å². The Bertz CT molecular complexity index is 1100. The lowest BCUT2D eigenvalue weighted by Crippen LogP contribution is -2.17. The Kier molecular flexibility index (Phi) is 8.59. The van der Waals surface area contributed by atoms with Gasteiger partial charge in [-0.3, -0.25) is 4.79 Å². The van der Waals surface area contributed by atoms with Crippen LogP contribution in [0.2, 0.25) is 0 Å². The van der Waals surface area contributed by atoms with E-state index in [0.29, 0.717) is 42.6 Å². The lowest BCUT2D eigenvalue weighted by Gasteiger charge is -2.12. The summed E-state index contributed by atoms with van der Waals surface area (Å²) in [5.41, 5.74) is 4.55. The van der Waals surface area contributed by atoms with Crippen LogP contribution in [0.1, 0.15) is 28.4 Å². The topological polar surface area (TPSA) is 69.2 Å². The van der Waals surface area contributed by atoms with Gasteiger partial charge in [-0.1, -0.05) is 24.8 Å². The van der Waals surface area contributed by atoms with Crippen molar-refractivity contribution in [3.8, 4) is 17.2 Å². The van der Waals surface area contributed by atoms with E-state index in [-0.39, 0.29) is 11.7 Å². The molecule has 0 atom stereocenters. The quantitative estimate of drug-likeness (QED) is 0.251. The fourth-order valence-corrected chi connectivity index (χ4v) is 2.81. The number of nitrogens with one attached hydrogen (secondary N) is 1. The van der Waals surface area contributed by atoms with E-state index in [2.05, 4.69) is 17.1 Å². The molecule has 0 radical (unpaired) electrons. The summed E-state index contributed by atoms with van der Waals surface area (Å²) < 4.78 is 29.7. The Labute approximate surface area is 192 Å². The standard InChI is InChI=1S/C26H25FN2O4/c1-3-15-32-24-14-9-21(16-25(24)31-4-2)26(30)29-28-17-19-7-12-23(13-8-19)33-18-20-5-10-22(27)11-6-20/h3,5-14,16-17H,1,4,15,18H2,2H3,(H,29,30)/b28-17+. The Morgan fingerprint density at radius 3 is 2.45 bits per heavy atom. The minimum Gasteiger partial charge on any atom is -0.490 e. The molecule has 0 spiro atoms. The molecule has 0 aliphatic carbocycles. The van der Waals surface area contributed by atoms with Crippen LogP contribution >= 0.6 is 0 Å². The third-order valence-electron chi connectivity index (χ3n) is 4.44. The first-order chi connectivity index (χ1) is 16.1. The summed E-state index contributed by atoms with van der Waals surface area (Å²) in [4.78, 5) is 12.4. The Morgan fingerprint density at radius 1 is 1.00 bits per heavy atom. The van der Waals surface area contributed by atoms with Crippen molar-refractivity contribution < 1.29 is 23.4 Å².